The van der Waals surface area contributed by atoms with Crippen LogP contribution in [-0.2, 0) is 6.42 Å². The van der Waals surface area contributed by atoms with Gasteiger partial charge in [-0.2, -0.15) is 0 Å². The van der Waals surface area contributed by atoms with Crippen molar-refractivity contribution in [2.75, 3.05) is 0 Å². The van der Waals surface area contributed by atoms with E-state index in [2.05, 4.69) is 4.98 Å². The second-order valence-electron chi connectivity index (χ2n) is 5.77. The van der Waals surface area contributed by atoms with Gasteiger partial charge in [-0.15, -0.1) is 11.3 Å². The molecule has 0 atom stereocenters. The van der Waals surface area contributed by atoms with Gasteiger partial charge in [0, 0.05) is 35.1 Å². The molecule has 0 radical (unpaired) electrons. The van der Waals surface area contributed by atoms with E-state index in [0.717, 1.165) is 22.9 Å². The summed E-state index contributed by atoms with van der Waals surface area (Å²) >= 11 is 1.28. The molecule has 0 aliphatic heterocycles. The summed E-state index contributed by atoms with van der Waals surface area (Å²) in [4.78, 5) is 15.0. The van der Waals surface area contributed by atoms with Gasteiger partial charge in [0.25, 0.3) is 5.69 Å². The number of nitro benzene ring substituents is 1. The van der Waals surface area contributed by atoms with E-state index in [1.54, 1.807) is 19.1 Å². The van der Waals surface area contributed by atoms with Crippen LogP contribution in [0.3, 0.4) is 0 Å². The van der Waals surface area contributed by atoms with Crippen LogP contribution in [-0.4, -0.2) is 9.91 Å². The predicted octanol–water partition coefficient (Wildman–Crippen LogP) is 5.20. The molecule has 4 nitrogen and oxygen atoms in total. The fourth-order valence-corrected chi connectivity index (χ4v) is 3.46. The minimum atomic E-state index is -0.650. The van der Waals surface area contributed by atoms with Crippen molar-refractivity contribution in [1.82, 2.24) is 4.98 Å². The van der Waals surface area contributed by atoms with E-state index < -0.39 is 16.6 Å². The molecule has 1 heterocycles. The summed E-state index contributed by atoms with van der Waals surface area (Å²) in [5.74, 6) is -1.28. The average Bonchev–Trinajstić information content (AvgIpc) is 2.98. The van der Waals surface area contributed by atoms with Crippen LogP contribution < -0.4 is 0 Å². The molecule has 0 N–H and O–H groups in total. The predicted molar refractivity (Wildman–Crippen MR) is 92.8 cm³/mol. The number of hydrogen-bond acceptors (Lipinski definition) is 4. The van der Waals surface area contributed by atoms with E-state index in [1.807, 2.05) is 12.3 Å². The van der Waals surface area contributed by atoms with E-state index in [0.29, 0.717) is 17.0 Å². The molecule has 0 bridgehead atoms. The number of nitro groups is 1. The third-order valence-corrected chi connectivity index (χ3v) is 4.86. The van der Waals surface area contributed by atoms with Gasteiger partial charge in [-0.1, -0.05) is 0 Å². The number of aryl methyl sites for hydroxylation is 2. The molecular weight excluding hydrogens is 346 g/mol. The molecular formula is C18H14F2N2O2S. The molecule has 25 heavy (non-hydrogen) atoms. The molecule has 0 amide bonds. The van der Waals surface area contributed by atoms with Crippen molar-refractivity contribution in [3.63, 3.8) is 0 Å². The quantitative estimate of drug-likeness (QED) is 0.474. The Hall–Kier alpha value is -2.67. The fraction of sp³-hybridized carbons (Fsp3) is 0.167. The first-order valence-electron chi connectivity index (χ1n) is 7.49. The number of halogens is 2. The first-order chi connectivity index (χ1) is 11.8. The second-order valence-corrected chi connectivity index (χ2v) is 6.63. The van der Waals surface area contributed by atoms with E-state index in [9.17, 15) is 18.9 Å². The van der Waals surface area contributed by atoms with Crippen LogP contribution >= 0.6 is 11.3 Å². The molecule has 3 rings (SSSR count). The minimum Gasteiger partial charge on any atom is -0.258 e. The van der Waals surface area contributed by atoms with Crippen molar-refractivity contribution in [3.8, 4) is 10.6 Å². The highest BCUT2D eigenvalue weighted by Crippen LogP contribution is 2.29. The van der Waals surface area contributed by atoms with Gasteiger partial charge in [0.05, 0.1) is 10.6 Å². The topological polar surface area (TPSA) is 56.0 Å². The molecule has 0 unspecified atom stereocenters. The maximum absolute atomic E-state index is 13.9. The van der Waals surface area contributed by atoms with Crippen LogP contribution in [0.2, 0.25) is 0 Å². The van der Waals surface area contributed by atoms with E-state index >= 15 is 0 Å². The smallest absolute Gasteiger partial charge is 0.258 e. The first kappa shape index (κ1) is 17.2. The highest BCUT2D eigenvalue weighted by atomic mass is 32.1. The molecule has 7 heteroatoms. The molecule has 128 valence electrons. The Morgan fingerprint density at radius 2 is 1.92 bits per heavy atom. The Labute approximate surface area is 146 Å². The van der Waals surface area contributed by atoms with Gasteiger partial charge in [0.1, 0.15) is 16.6 Å². The summed E-state index contributed by atoms with van der Waals surface area (Å²) in [6, 6.07) is 6.74. The third kappa shape index (κ3) is 3.56. The monoisotopic (exact) mass is 360 g/mol. The lowest BCUT2D eigenvalue weighted by molar-refractivity contribution is -0.385. The van der Waals surface area contributed by atoms with Crippen molar-refractivity contribution >= 4 is 17.0 Å². The Kier molecular flexibility index (Phi) is 4.59. The molecule has 2 aromatic carbocycles. The molecule has 3 aromatic rings. The number of thiazole rings is 1. The minimum absolute atomic E-state index is 0.0913. The maximum atomic E-state index is 13.9. The first-order valence-corrected chi connectivity index (χ1v) is 8.37. The van der Waals surface area contributed by atoms with Crippen molar-refractivity contribution in [1.29, 1.82) is 0 Å². The number of aromatic nitrogens is 1. The summed E-state index contributed by atoms with van der Waals surface area (Å²) in [6.45, 7) is 3.51. The molecule has 1 aromatic heterocycles. The highest BCUT2D eigenvalue weighted by Gasteiger charge is 2.15. The third-order valence-electron chi connectivity index (χ3n) is 3.94. The largest absolute Gasteiger partial charge is 0.272 e. The molecule has 0 fully saturated rings. The average molecular weight is 360 g/mol. The maximum Gasteiger partial charge on any atom is 0.272 e. The van der Waals surface area contributed by atoms with Crippen LogP contribution in [0.15, 0.2) is 35.7 Å². The standard InChI is InChI=1S/C18H14F2N2O2S/c1-10-6-17(22(23)24)11(2)5-12(10)7-14-9-25-18(21-14)15-4-3-13(19)8-16(15)20/h3-6,8-9H,7H2,1-2H3. The van der Waals surface area contributed by atoms with Gasteiger partial charge in [-0.05, 0) is 43.2 Å². The zero-order chi connectivity index (χ0) is 18.1. The Morgan fingerprint density at radius 3 is 2.60 bits per heavy atom. The Morgan fingerprint density at radius 1 is 1.16 bits per heavy atom. The lowest BCUT2D eigenvalue weighted by Gasteiger charge is -2.06. The van der Waals surface area contributed by atoms with E-state index in [4.69, 9.17) is 0 Å². The van der Waals surface area contributed by atoms with Crippen molar-refractivity contribution in [2.45, 2.75) is 20.3 Å². The summed E-state index contributed by atoms with van der Waals surface area (Å²) in [5.41, 5.74) is 3.41. The van der Waals surface area contributed by atoms with E-state index in [1.165, 1.54) is 23.5 Å². The van der Waals surface area contributed by atoms with Crippen LogP contribution in [0.5, 0.6) is 0 Å². The Bertz CT molecular complexity index is 970. The molecule has 0 saturated heterocycles. The van der Waals surface area contributed by atoms with Crippen LogP contribution in [0, 0.1) is 35.6 Å². The van der Waals surface area contributed by atoms with E-state index in [-0.39, 0.29) is 11.3 Å². The fourth-order valence-electron chi connectivity index (χ4n) is 2.62. The van der Waals surface area contributed by atoms with Gasteiger partial charge in [-0.3, -0.25) is 10.1 Å². The SMILES string of the molecule is Cc1cc([N+](=O)[O-])c(C)cc1Cc1csc(-c2ccc(F)cc2F)n1. The lowest BCUT2D eigenvalue weighted by atomic mass is 10.0. The van der Waals surface area contributed by atoms with Crippen molar-refractivity contribution in [2.24, 2.45) is 0 Å². The summed E-state index contributed by atoms with van der Waals surface area (Å²) in [5, 5.41) is 13.3. The summed E-state index contributed by atoms with van der Waals surface area (Å²) < 4.78 is 26.9. The lowest BCUT2D eigenvalue weighted by Crippen LogP contribution is -1.98. The molecule has 0 aliphatic carbocycles. The van der Waals surface area contributed by atoms with Gasteiger partial charge < -0.3 is 0 Å². The van der Waals surface area contributed by atoms with Gasteiger partial charge in [0.15, 0.2) is 0 Å². The Balaban J connectivity index is 1.89. The number of rotatable bonds is 4. The van der Waals surface area contributed by atoms with Crippen LogP contribution in [0.1, 0.15) is 22.4 Å². The van der Waals surface area contributed by atoms with Crippen molar-refractivity contribution < 1.29 is 13.7 Å². The van der Waals surface area contributed by atoms with Crippen LogP contribution in [0.25, 0.3) is 10.6 Å². The van der Waals surface area contributed by atoms with Gasteiger partial charge >= 0.3 is 0 Å². The number of hydrogen-bond donors (Lipinski definition) is 0. The normalized spacial score (nSPS) is 10.9. The second kappa shape index (κ2) is 6.68. The number of nitrogens with zero attached hydrogens (tertiary/aromatic N) is 2. The van der Waals surface area contributed by atoms with Crippen molar-refractivity contribution in [3.05, 3.63) is 79.8 Å². The summed E-state index contributed by atoms with van der Waals surface area (Å²) in [7, 11) is 0. The summed E-state index contributed by atoms with van der Waals surface area (Å²) in [6.07, 6.45) is 0.490. The highest BCUT2D eigenvalue weighted by molar-refractivity contribution is 7.13. The number of benzene rings is 2. The molecule has 0 aliphatic rings. The van der Waals surface area contributed by atoms with Gasteiger partial charge in [-0.25, -0.2) is 13.8 Å². The van der Waals surface area contributed by atoms with Gasteiger partial charge in [0.2, 0.25) is 0 Å². The zero-order valence-corrected chi connectivity index (χ0v) is 14.4. The van der Waals surface area contributed by atoms with Crippen LogP contribution in [0.4, 0.5) is 14.5 Å². The molecule has 0 spiro atoms. The molecule has 0 saturated carbocycles. The zero-order valence-electron chi connectivity index (χ0n) is 13.5.